The first kappa shape index (κ1) is 36.3. The minimum atomic E-state index is -0.658. The first-order valence-electron chi connectivity index (χ1n) is 18.3. The first-order valence-corrected chi connectivity index (χ1v) is 18.3. The van der Waals surface area contributed by atoms with Crippen LogP contribution in [0.4, 0.5) is 4.79 Å². The van der Waals surface area contributed by atoms with E-state index >= 15 is 0 Å². The number of alkyl carbamates (subject to hydrolysis) is 1. The van der Waals surface area contributed by atoms with E-state index in [4.69, 9.17) is 20.4 Å². The lowest BCUT2D eigenvalue weighted by atomic mass is 9.89. The number of amides is 2. The summed E-state index contributed by atoms with van der Waals surface area (Å²) in [6, 6.07) is 16.0. The highest BCUT2D eigenvalue weighted by Gasteiger charge is 2.35. The summed E-state index contributed by atoms with van der Waals surface area (Å²) >= 11 is 0. The second-order valence-corrected chi connectivity index (χ2v) is 14.6. The fourth-order valence-corrected chi connectivity index (χ4v) is 7.45. The summed E-state index contributed by atoms with van der Waals surface area (Å²) in [7, 11) is 1.39. The number of rotatable bonds is 13. The Morgan fingerprint density at radius 3 is 2.51 bits per heavy atom. The summed E-state index contributed by atoms with van der Waals surface area (Å²) in [4.78, 5) is 44.5. The molecule has 6 rings (SSSR count). The van der Waals surface area contributed by atoms with Crippen LogP contribution in [0.25, 0.3) is 44.0 Å². The summed E-state index contributed by atoms with van der Waals surface area (Å²) in [5, 5.41) is 14.9. The third-order valence-electron chi connectivity index (χ3n) is 10.5. The Balaban J connectivity index is 1.27. The van der Waals surface area contributed by atoms with Gasteiger partial charge in [-0.15, -0.1) is 0 Å². The van der Waals surface area contributed by atoms with Gasteiger partial charge in [0.15, 0.2) is 0 Å². The molecule has 4 atom stereocenters. The van der Waals surface area contributed by atoms with E-state index in [1.54, 1.807) is 0 Å². The number of piperidine rings is 1. The van der Waals surface area contributed by atoms with Gasteiger partial charge in [-0.25, -0.2) is 14.8 Å². The first-order chi connectivity index (χ1) is 24.6. The van der Waals surface area contributed by atoms with Crippen molar-refractivity contribution in [2.75, 3.05) is 20.2 Å². The van der Waals surface area contributed by atoms with E-state index in [-0.39, 0.29) is 35.7 Å². The van der Waals surface area contributed by atoms with Gasteiger partial charge in [-0.3, -0.25) is 4.79 Å². The molecule has 5 aromatic rings. The molecule has 2 amide bonds. The van der Waals surface area contributed by atoms with Crippen LogP contribution in [0, 0.1) is 11.8 Å². The highest BCUT2D eigenvalue weighted by molar-refractivity contribution is 6.05. The fraction of sp³-hybridized carbons (Fsp3) is 0.487. The molecule has 1 aliphatic rings. The van der Waals surface area contributed by atoms with Gasteiger partial charge in [0.05, 0.1) is 35.2 Å². The van der Waals surface area contributed by atoms with E-state index in [2.05, 4.69) is 77.1 Å². The van der Waals surface area contributed by atoms with Gasteiger partial charge in [-0.1, -0.05) is 52.0 Å². The second-order valence-electron chi connectivity index (χ2n) is 14.6. The highest BCUT2D eigenvalue weighted by Crippen LogP contribution is 2.35. The van der Waals surface area contributed by atoms with Crippen molar-refractivity contribution in [1.29, 1.82) is 0 Å². The summed E-state index contributed by atoms with van der Waals surface area (Å²) in [6.45, 7) is 9.27. The summed E-state index contributed by atoms with van der Waals surface area (Å²) in [6.07, 6.45) is 4.77. The van der Waals surface area contributed by atoms with Gasteiger partial charge in [0.25, 0.3) is 0 Å². The van der Waals surface area contributed by atoms with Crippen molar-refractivity contribution in [3.05, 3.63) is 60.2 Å². The van der Waals surface area contributed by atoms with Crippen LogP contribution in [0.1, 0.15) is 89.8 Å². The number of nitrogens with zero attached hydrogens (tertiary/aromatic N) is 3. The molecule has 1 aliphatic heterocycles. The van der Waals surface area contributed by atoms with Crippen molar-refractivity contribution in [1.82, 2.24) is 35.6 Å². The number of aromatic nitrogens is 4. The zero-order chi connectivity index (χ0) is 36.2. The number of hydroxylamine groups is 1. The van der Waals surface area contributed by atoms with Crippen molar-refractivity contribution in [2.45, 2.75) is 90.3 Å². The van der Waals surface area contributed by atoms with Gasteiger partial charge in [0, 0.05) is 23.9 Å². The zero-order valence-corrected chi connectivity index (χ0v) is 30.3. The molecule has 3 heterocycles. The molecular formula is C39H52N8O4. The molecule has 3 aromatic carbocycles. The van der Waals surface area contributed by atoms with Crippen molar-refractivity contribution >= 4 is 44.8 Å². The van der Waals surface area contributed by atoms with Crippen molar-refractivity contribution in [3.63, 3.8) is 0 Å². The van der Waals surface area contributed by atoms with Crippen LogP contribution >= 0.6 is 0 Å². The van der Waals surface area contributed by atoms with Gasteiger partial charge >= 0.3 is 6.09 Å². The zero-order valence-electron chi connectivity index (χ0n) is 30.3. The molecule has 12 nitrogen and oxygen atoms in total. The van der Waals surface area contributed by atoms with Crippen LogP contribution in [0.5, 0.6) is 0 Å². The number of ether oxygens (including phenoxy) is 1. The van der Waals surface area contributed by atoms with E-state index in [0.29, 0.717) is 13.1 Å². The number of aromatic amines is 2. The SMILES string of the molecule is COC(=O)N[C@H](C[C@@H](CCCN)c1nc2c(ccc3cc(-c4ccc5nc([C@@H]6CCCCN6C(=O)[C@@H](NO)C(C)C)[nH]c5c4)ccc32)[nH]1)C(C)C. The minimum absolute atomic E-state index is 0.0472. The van der Waals surface area contributed by atoms with Gasteiger partial charge in [-0.2, -0.15) is 5.48 Å². The quantitative estimate of drug-likeness (QED) is 0.0720. The number of H-pyrrole nitrogens is 2. The molecule has 12 heteroatoms. The Morgan fingerprint density at radius 1 is 1.00 bits per heavy atom. The predicted octanol–water partition coefficient (Wildman–Crippen LogP) is 6.91. The van der Waals surface area contributed by atoms with Crippen LogP contribution in [-0.4, -0.2) is 74.3 Å². The van der Waals surface area contributed by atoms with Crippen LogP contribution in [0.15, 0.2) is 48.5 Å². The lowest BCUT2D eigenvalue weighted by molar-refractivity contribution is -0.141. The van der Waals surface area contributed by atoms with E-state index in [1.165, 1.54) is 7.11 Å². The van der Waals surface area contributed by atoms with Crippen molar-refractivity contribution in [2.24, 2.45) is 17.6 Å². The molecule has 0 aliphatic carbocycles. The van der Waals surface area contributed by atoms with Crippen molar-refractivity contribution in [3.8, 4) is 11.1 Å². The van der Waals surface area contributed by atoms with E-state index < -0.39 is 12.1 Å². The number of carbonyl (C=O) groups is 2. The maximum Gasteiger partial charge on any atom is 0.407 e. The Bertz CT molecular complexity index is 1980. The van der Waals surface area contributed by atoms with Crippen LogP contribution in [0.3, 0.4) is 0 Å². The number of nitrogens with one attached hydrogen (secondary N) is 4. The molecule has 51 heavy (non-hydrogen) atoms. The molecule has 0 saturated carbocycles. The monoisotopic (exact) mass is 696 g/mol. The van der Waals surface area contributed by atoms with Crippen molar-refractivity contribution < 1.29 is 19.5 Å². The van der Waals surface area contributed by atoms with E-state index in [0.717, 1.165) is 94.1 Å². The predicted molar refractivity (Wildman–Crippen MR) is 200 cm³/mol. The Labute approximate surface area is 298 Å². The number of nitrogens with two attached hydrogens (primary N) is 1. The smallest absolute Gasteiger partial charge is 0.407 e. The number of hydrogen-bond donors (Lipinski definition) is 6. The van der Waals surface area contributed by atoms with Crippen LogP contribution in [-0.2, 0) is 9.53 Å². The lowest BCUT2D eigenvalue weighted by Gasteiger charge is -2.37. The maximum absolute atomic E-state index is 13.4. The molecule has 0 spiro atoms. The average Bonchev–Trinajstić information content (AvgIpc) is 3.77. The Kier molecular flexibility index (Phi) is 11.2. The number of imidazole rings is 2. The summed E-state index contributed by atoms with van der Waals surface area (Å²) < 4.78 is 4.89. The fourth-order valence-electron chi connectivity index (χ4n) is 7.45. The molecule has 2 aromatic heterocycles. The standard InChI is InChI=1S/C39H52N8O4/c1-22(2)31(44-39(49)51-5)21-27(9-8-17-40)36-42-30-16-13-26-19-24(11-14-28(26)35(30)45-36)25-12-15-29-32(20-25)43-37(41-29)33-10-6-7-18-47(33)38(48)34(46-50)23(3)4/h11-16,19-20,22-23,27,31,33-34,46,50H,6-10,17-18,21,40H2,1-5H3,(H,41,43)(H,42,45)(H,44,49)/t27-,31-,33+,34+/m1/s1. The number of carbonyl (C=O) groups excluding carboxylic acids is 2. The molecule has 7 N–H and O–H groups in total. The lowest BCUT2D eigenvalue weighted by Crippen LogP contribution is -2.51. The maximum atomic E-state index is 13.4. The number of hydrogen-bond acceptors (Lipinski definition) is 8. The second kappa shape index (κ2) is 15.8. The Morgan fingerprint density at radius 2 is 1.78 bits per heavy atom. The highest BCUT2D eigenvalue weighted by atomic mass is 16.5. The molecule has 0 bridgehead atoms. The van der Waals surface area contributed by atoms with Gasteiger partial charge in [-0.05, 0) is 97.7 Å². The van der Waals surface area contributed by atoms with Gasteiger partial charge in [0.1, 0.15) is 17.7 Å². The molecule has 1 saturated heterocycles. The minimum Gasteiger partial charge on any atom is -0.453 e. The van der Waals surface area contributed by atoms with E-state index in [1.807, 2.05) is 24.8 Å². The van der Waals surface area contributed by atoms with Gasteiger partial charge < -0.3 is 35.9 Å². The third-order valence-corrected chi connectivity index (χ3v) is 10.5. The molecule has 0 radical (unpaired) electrons. The van der Waals surface area contributed by atoms with Gasteiger partial charge in [0.2, 0.25) is 5.91 Å². The topological polar surface area (TPSA) is 174 Å². The van der Waals surface area contributed by atoms with E-state index in [9.17, 15) is 14.8 Å². The molecule has 272 valence electrons. The Hall–Kier alpha value is -4.52. The van der Waals surface area contributed by atoms with Crippen LogP contribution in [0.2, 0.25) is 0 Å². The number of methoxy groups -OCH3 is 1. The third kappa shape index (κ3) is 7.73. The van der Waals surface area contributed by atoms with Crippen LogP contribution < -0.4 is 16.5 Å². The molecule has 1 fully saturated rings. The number of fused-ring (bicyclic) bond motifs is 4. The normalized spacial score (nSPS) is 17.0. The number of benzene rings is 3. The largest absolute Gasteiger partial charge is 0.453 e. The molecular weight excluding hydrogens is 644 g/mol. The summed E-state index contributed by atoms with van der Waals surface area (Å²) in [5.41, 5.74) is 13.9. The number of likely N-dealkylation sites (tertiary alicyclic amines) is 1. The summed E-state index contributed by atoms with van der Waals surface area (Å²) in [5.74, 6) is 1.84. The molecule has 0 unspecified atom stereocenters. The average molecular weight is 697 g/mol.